The Labute approximate surface area is 489 Å². The lowest BCUT2D eigenvalue weighted by Gasteiger charge is -2.73. The molecular weight excluding hydrogens is 1080 g/mol. The van der Waals surface area contributed by atoms with Gasteiger partial charge in [0.15, 0.2) is 25.0 Å². The summed E-state index contributed by atoms with van der Waals surface area (Å²) in [5.74, 6) is -2.03. The van der Waals surface area contributed by atoms with Crippen LogP contribution in [0.4, 0.5) is 0 Å². The molecular formula is C62H100O21. The van der Waals surface area contributed by atoms with Gasteiger partial charge in [-0.15, -0.1) is 0 Å². The number of unbranched alkanes of at least 4 members (excludes halogenated alkanes) is 1. The Morgan fingerprint density at radius 3 is 1.90 bits per heavy atom. The van der Waals surface area contributed by atoms with Gasteiger partial charge in [0, 0.05) is 11.0 Å². The molecule has 0 spiro atoms. The van der Waals surface area contributed by atoms with E-state index in [2.05, 4.69) is 60.6 Å². The molecule has 83 heavy (non-hydrogen) atoms. The van der Waals surface area contributed by atoms with E-state index in [9.17, 15) is 65.8 Å². The number of hydrogen-bond acceptors (Lipinski definition) is 21. The van der Waals surface area contributed by atoms with Crippen molar-refractivity contribution in [2.75, 3.05) is 26.4 Å². The number of esters is 2. The number of allylic oxidation sites excluding steroid dienone is 4. The normalized spacial score (nSPS) is 46.7. The predicted octanol–water partition coefficient (Wildman–Crippen LogP) is 3.15. The zero-order valence-electron chi connectivity index (χ0n) is 50.9. The molecule has 3 heterocycles. The van der Waals surface area contributed by atoms with Gasteiger partial charge in [0.05, 0.1) is 50.2 Å². The highest BCUT2D eigenvalue weighted by Gasteiger charge is 2.75. The zero-order valence-corrected chi connectivity index (χ0v) is 50.9. The molecule has 8 rings (SSSR count). The predicted molar refractivity (Wildman–Crippen MR) is 298 cm³/mol. The Morgan fingerprint density at radius 2 is 1.30 bits per heavy atom. The Bertz CT molecular complexity index is 2390. The molecule has 21 heteroatoms. The number of carbonyl (C=O) groups excluding carboxylic acids is 2. The smallest absolute Gasteiger partial charge is 0.338 e. The fourth-order valence-corrected chi connectivity index (χ4v) is 16.9. The summed E-state index contributed by atoms with van der Waals surface area (Å²) < 4.78 is 49.4. The molecule has 0 radical (unpaired) electrons. The van der Waals surface area contributed by atoms with E-state index < -0.39 is 175 Å². The summed E-state index contributed by atoms with van der Waals surface area (Å²) in [4.78, 5) is 28.3. The van der Waals surface area contributed by atoms with Crippen LogP contribution in [0.2, 0.25) is 0 Å². The average Bonchev–Trinajstić information content (AvgIpc) is 1.22. The Hall–Kier alpha value is -2.52. The van der Waals surface area contributed by atoms with E-state index in [0.29, 0.717) is 69.8 Å². The molecule has 25 atom stereocenters. The summed E-state index contributed by atoms with van der Waals surface area (Å²) in [6, 6.07) is 0. The molecule has 3 saturated heterocycles. The van der Waals surface area contributed by atoms with Crippen LogP contribution in [0.15, 0.2) is 34.4 Å². The van der Waals surface area contributed by atoms with Crippen LogP contribution in [-0.2, 0) is 47.5 Å². The van der Waals surface area contributed by atoms with Crippen LogP contribution in [0.3, 0.4) is 0 Å². The van der Waals surface area contributed by atoms with Gasteiger partial charge in [-0.05, 0) is 131 Å². The molecule has 8 aliphatic rings. The number of aliphatic hydroxyl groups excluding tert-OH is 11. The highest BCUT2D eigenvalue weighted by atomic mass is 16.8. The van der Waals surface area contributed by atoms with E-state index >= 15 is 0 Å². The Kier molecular flexibility index (Phi) is 20.1. The Morgan fingerprint density at radius 1 is 0.687 bits per heavy atom. The van der Waals surface area contributed by atoms with Crippen LogP contribution in [0.1, 0.15) is 154 Å². The molecule has 0 aromatic heterocycles. The number of hydrogen-bond donors (Lipinski definition) is 11. The van der Waals surface area contributed by atoms with Crippen LogP contribution < -0.4 is 0 Å². The molecule has 0 aromatic rings. The van der Waals surface area contributed by atoms with E-state index in [1.54, 1.807) is 6.92 Å². The van der Waals surface area contributed by atoms with Crippen molar-refractivity contribution in [3.63, 3.8) is 0 Å². The van der Waals surface area contributed by atoms with Gasteiger partial charge in [0.25, 0.3) is 0 Å². The number of carbonyl (C=O) groups is 2. The van der Waals surface area contributed by atoms with Crippen LogP contribution in [0.5, 0.6) is 0 Å². The lowest BCUT2D eigenvalue weighted by Crippen LogP contribution is -2.74. The largest absolute Gasteiger partial charge is 0.464 e. The lowest BCUT2D eigenvalue weighted by molar-refractivity contribution is -0.383. The lowest BCUT2D eigenvalue weighted by atomic mass is 9.32. The summed E-state index contributed by atoms with van der Waals surface area (Å²) in [7, 11) is 0. The fourth-order valence-electron chi connectivity index (χ4n) is 16.9. The first kappa shape index (κ1) is 66.4. The SMILES string of the molecule is CCCCOC(=O)[C@H]1O[C@@H](O[C@H]2CC[C@@]3(C)[C@H](CC[C@]4(C)[C@@H]3CC=C3[C@@H]5CC(C)(C)C[C@H](OC(=O)/C(C)=C(/C)CCC=C(C)C)[C@]5(CO)[C@H](O)[C@H](O)[C@]34C)C2(C)C)[C@H](O[C@@H]2O[C@H](CO)[C@@H](O)[C@H](O)[C@H]2O)[C@@H](O)[C@@H]1O[C@@H]1O[C@@H](CO)[C@H](O)[C@H]1O. The van der Waals surface area contributed by atoms with Gasteiger partial charge in [-0.3, -0.25) is 0 Å². The topological polar surface area (TPSA) is 331 Å². The average molecular weight is 1180 g/mol. The summed E-state index contributed by atoms with van der Waals surface area (Å²) in [5, 5.41) is 124. The van der Waals surface area contributed by atoms with Gasteiger partial charge in [-0.2, -0.15) is 0 Å². The van der Waals surface area contributed by atoms with E-state index in [1.807, 2.05) is 27.7 Å². The van der Waals surface area contributed by atoms with Crippen LogP contribution in [0, 0.1) is 50.2 Å². The van der Waals surface area contributed by atoms with Gasteiger partial charge in [0.1, 0.15) is 67.1 Å². The van der Waals surface area contributed by atoms with Crippen molar-refractivity contribution in [2.24, 2.45) is 50.2 Å². The minimum atomic E-state index is -1.96. The van der Waals surface area contributed by atoms with Crippen molar-refractivity contribution in [1.82, 2.24) is 0 Å². The highest BCUT2D eigenvalue weighted by Crippen LogP contribution is 2.76. The van der Waals surface area contributed by atoms with Crippen molar-refractivity contribution in [3.8, 4) is 0 Å². The number of ether oxygens (including phenoxy) is 8. The zero-order chi connectivity index (χ0) is 61.3. The van der Waals surface area contributed by atoms with E-state index in [1.165, 1.54) is 5.57 Å². The second-order valence-electron chi connectivity index (χ2n) is 28.1. The van der Waals surface area contributed by atoms with Gasteiger partial charge >= 0.3 is 11.9 Å². The maximum Gasteiger partial charge on any atom is 0.338 e. The van der Waals surface area contributed by atoms with Crippen LogP contribution in [-0.4, -0.2) is 205 Å². The first-order valence-electron chi connectivity index (χ1n) is 30.4. The van der Waals surface area contributed by atoms with Gasteiger partial charge in [-0.25, -0.2) is 9.59 Å². The van der Waals surface area contributed by atoms with Crippen molar-refractivity contribution in [3.05, 3.63) is 34.4 Å². The van der Waals surface area contributed by atoms with E-state index in [-0.39, 0.29) is 23.9 Å². The second kappa shape index (κ2) is 25.2. The van der Waals surface area contributed by atoms with Crippen molar-refractivity contribution in [1.29, 1.82) is 0 Å². The third-order valence-corrected chi connectivity index (χ3v) is 22.2. The molecule has 5 aliphatic carbocycles. The number of aliphatic hydroxyl groups is 11. The highest BCUT2D eigenvalue weighted by molar-refractivity contribution is 5.88. The first-order valence-corrected chi connectivity index (χ1v) is 30.4. The van der Waals surface area contributed by atoms with E-state index in [4.69, 9.17) is 37.9 Å². The van der Waals surface area contributed by atoms with Crippen LogP contribution in [0.25, 0.3) is 0 Å². The van der Waals surface area contributed by atoms with Crippen molar-refractivity contribution >= 4 is 11.9 Å². The number of fused-ring (bicyclic) bond motifs is 7. The summed E-state index contributed by atoms with van der Waals surface area (Å²) in [5.41, 5.74) is -0.931. The molecule has 11 N–H and O–H groups in total. The molecule has 0 amide bonds. The molecule has 21 nitrogen and oxygen atoms in total. The Balaban J connectivity index is 1.10. The minimum absolute atomic E-state index is 0.0321. The summed E-state index contributed by atoms with van der Waals surface area (Å²) in [6.07, 6.45) is -17.7. The van der Waals surface area contributed by atoms with Crippen LogP contribution >= 0.6 is 0 Å². The first-order chi connectivity index (χ1) is 38.9. The van der Waals surface area contributed by atoms with Gasteiger partial charge < -0.3 is 94.1 Å². The molecule has 4 saturated carbocycles. The summed E-state index contributed by atoms with van der Waals surface area (Å²) in [6.45, 7) is 22.6. The minimum Gasteiger partial charge on any atom is -0.464 e. The number of rotatable bonds is 18. The van der Waals surface area contributed by atoms with E-state index in [0.717, 1.165) is 17.6 Å². The quantitative estimate of drug-likeness (QED) is 0.0309. The fraction of sp³-hybridized carbons (Fsp3) is 0.871. The standard InChI is InChI=1S/C62H100O21/c1-13-14-24-76-53(75)49-47(81-54-44(69)42(67)36(28-64)78-54)46(71)48(82-55-45(70)43(68)41(66)35(27-63)77-55)56(83-49)80-39-21-22-59(10)37(58(39,8)9)20-23-60(11)38(59)19-18-33-34-25-57(6,7)26-40(62(34,29-65)51(73)50(72)61(33,60)12)79-52(74)32(5)31(4)17-15-16-30(2)3/h16,18,34-51,54-56,63-73H,13-15,17,19-29H2,1-12H3/b32-31-/t34-,35+,36-,37+,38+,39-,40-,41+,42-,43-,44+,45+,46-,47-,48+,49-,50-,51+,54-,55-,56+,59-,60+,61-,62+/m0/s1. The third kappa shape index (κ3) is 11.5. The summed E-state index contributed by atoms with van der Waals surface area (Å²) >= 11 is 0. The molecule has 474 valence electrons. The molecule has 3 aliphatic heterocycles. The third-order valence-electron chi connectivity index (χ3n) is 22.2. The maximum absolute atomic E-state index is 14.1. The molecule has 0 unspecified atom stereocenters. The maximum atomic E-state index is 14.1. The van der Waals surface area contributed by atoms with Gasteiger partial charge in [-0.1, -0.05) is 90.7 Å². The second-order valence-corrected chi connectivity index (χ2v) is 28.1. The molecule has 0 bridgehead atoms. The molecule has 7 fully saturated rings. The molecule has 0 aromatic carbocycles. The van der Waals surface area contributed by atoms with Crippen molar-refractivity contribution in [2.45, 2.75) is 264 Å². The van der Waals surface area contributed by atoms with Gasteiger partial charge in [0.2, 0.25) is 0 Å². The van der Waals surface area contributed by atoms with Crippen molar-refractivity contribution < 1.29 is 104 Å². The monoisotopic (exact) mass is 1180 g/mol.